The normalized spacial score (nSPS) is 10.7. The van der Waals surface area contributed by atoms with E-state index in [1.165, 1.54) is 17.5 Å². The van der Waals surface area contributed by atoms with Gasteiger partial charge in [-0.05, 0) is 26.0 Å². The third-order valence-corrected chi connectivity index (χ3v) is 3.96. The van der Waals surface area contributed by atoms with Gasteiger partial charge in [-0.1, -0.05) is 23.4 Å². The second-order valence-electron chi connectivity index (χ2n) is 4.34. The van der Waals surface area contributed by atoms with E-state index in [-0.39, 0.29) is 5.78 Å². The van der Waals surface area contributed by atoms with Crippen LogP contribution in [0.2, 0.25) is 0 Å². The molecule has 20 heavy (non-hydrogen) atoms. The van der Waals surface area contributed by atoms with Crippen LogP contribution in [0.4, 0.5) is 0 Å². The summed E-state index contributed by atoms with van der Waals surface area (Å²) in [7, 11) is 0. The van der Waals surface area contributed by atoms with Crippen molar-refractivity contribution in [3.63, 3.8) is 0 Å². The molecule has 0 atom stereocenters. The maximum Gasteiger partial charge on any atom is 0.224 e. The molecule has 0 aliphatic rings. The van der Waals surface area contributed by atoms with E-state index in [1.807, 2.05) is 44.2 Å². The molecule has 0 bridgehead atoms. The lowest BCUT2D eigenvalue weighted by Crippen LogP contribution is -2.09. The van der Waals surface area contributed by atoms with Gasteiger partial charge in [0.05, 0.1) is 27.5 Å². The van der Waals surface area contributed by atoms with Crippen LogP contribution in [0.25, 0.3) is 5.69 Å². The van der Waals surface area contributed by atoms with Gasteiger partial charge in [-0.2, -0.15) is 0 Å². The van der Waals surface area contributed by atoms with Gasteiger partial charge in [-0.3, -0.25) is 4.79 Å². The fraction of sp³-hybridized carbons (Fsp3) is 0.143. The van der Waals surface area contributed by atoms with Gasteiger partial charge in [0.15, 0.2) is 0 Å². The van der Waals surface area contributed by atoms with Crippen LogP contribution in [0, 0.1) is 13.8 Å². The van der Waals surface area contributed by atoms with Crippen molar-refractivity contribution < 1.29 is 4.79 Å². The molecule has 0 fully saturated rings. The predicted octanol–water partition coefficient (Wildman–Crippen LogP) is 2.57. The second-order valence-corrected chi connectivity index (χ2v) is 5.55. The number of thiazole rings is 1. The summed E-state index contributed by atoms with van der Waals surface area (Å²) in [5.41, 5.74) is 2.01. The largest absolute Gasteiger partial charge is 0.286 e. The summed E-state index contributed by atoms with van der Waals surface area (Å²) in [5, 5.41) is 8.74. The number of ketones is 1. The Hall–Kier alpha value is -2.34. The topological polar surface area (TPSA) is 60.7 Å². The zero-order valence-electron chi connectivity index (χ0n) is 11.1. The number of carbonyl (C=O) groups is 1. The Bertz CT molecular complexity index is 761. The zero-order chi connectivity index (χ0) is 14.1. The van der Waals surface area contributed by atoms with Crippen LogP contribution < -0.4 is 0 Å². The number of hydrogen-bond acceptors (Lipinski definition) is 5. The molecule has 3 rings (SSSR count). The first-order chi connectivity index (χ1) is 9.66. The lowest BCUT2D eigenvalue weighted by atomic mass is 10.2. The van der Waals surface area contributed by atoms with Gasteiger partial charge in [0.25, 0.3) is 0 Å². The highest BCUT2D eigenvalue weighted by atomic mass is 32.1. The first-order valence-corrected chi connectivity index (χ1v) is 6.93. The summed E-state index contributed by atoms with van der Waals surface area (Å²) in [6.45, 7) is 3.73. The Kier molecular flexibility index (Phi) is 3.15. The van der Waals surface area contributed by atoms with Gasteiger partial charge < -0.3 is 0 Å². The fourth-order valence-electron chi connectivity index (χ4n) is 2.01. The summed E-state index contributed by atoms with van der Waals surface area (Å²) < 4.78 is 1.55. The van der Waals surface area contributed by atoms with Crippen LogP contribution in [0.3, 0.4) is 0 Å². The number of rotatable bonds is 3. The van der Waals surface area contributed by atoms with Gasteiger partial charge in [0.1, 0.15) is 5.69 Å². The standard InChI is InChI=1S/C14H12N4OS/c1-9-14(20-10(2)16-9)13(19)12-8-15-17-18(12)11-6-4-3-5-7-11/h3-8H,1-2H3. The second kappa shape index (κ2) is 4.97. The highest BCUT2D eigenvalue weighted by Crippen LogP contribution is 2.21. The Morgan fingerprint density at radius 2 is 1.95 bits per heavy atom. The van der Waals surface area contributed by atoms with E-state index < -0.39 is 0 Å². The average molecular weight is 284 g/mol. The first-order valence-electron chi connectivity index (χ1n) is 6.11. The molecule has 0 aliphatic heterocycles. The fourth-order valence-corrected chi connectivity index (χ4v) is 2.88. The Morgan fingerprint density at radius 3 is 2.60 bits per heavy atom. The maximum atomic E-state index is 12.6. The van der Waals surface area contributed by atoms with Crippen molar-refractivity contribution in [3.05, 3.63) is 57.8 Å². The molecule has 1 aromatic carbocycles. The number of benzene rings is 1. The van der Waals surface area contributed by atoms with E-state index in [4.69, 9.17) is 0 Å². The molecule has 2 aromatic heterocycles. The van der Waals surface area contributed by atoms with E-state index in [1.54, 1.807) is 4.68 Å². The Labute approximate surface area is 119 Å². The van der Waals surface area contributed by atoms with Gasteiger partial charge in [0, 0.05) is 0 Å². The van der Waals surface area contributed by atoms with Crippen molar-refractivity contribution in [1.82, 2.24) is 20.0 Å². The van der Waals surface area contributed by atoms with E-state index in [0.29, 0.717) is 10.6 Å². The highest BCUT2D eigenvalue weighted by Gasteiger charge is 2.21. The molecule has 3 aromatic rings. The average Bonchev–Trinajstić information content (AvgIpc) is 3.05. The van der Waals surface area contributed by atoms with Gasteiger partial charge in [-0.15, -0.1) is 16.4 Å². The molecule has 5 nitrogen and oxygen atoms in total. The van der Waals surface area contributed by atoms with Crippen LogP contribution >= 0.6 is 11.3 Å². The number of hydrogen-bond donors (Lipinski definition) is 0. The van der Waals surface area contributed by atoms with Crippen molar-refractivity contribution in [2.24, 2.45) is 0 Å². The van der Waals surface area contributed by atoms with Gasteiger partial charge in [0.2, 0.25) is 5.78 Å². The molecular formula is C14H12N4OS. The SMILES string of the molecule is Cc1nc(C)c(C(=O)c2cnnn2-c2ccccc2)s1. The quantitative estimate of drug-likeness (QED) is 0.694. The maximum absolute atomic E-state index is 12.6. The monoisotopic (exact) mass is 284 g/mol. The number of aryl methyl sites for hydroxylation is 2. The van der Waals surface area contributed by atoms with Crippen LogP contribution in [0.15, 0.2) is 36.5 Å². The van der Waals surface area contributed by atoms with E-state index in [2.05, 4.69) is 15.3 Å². The lowest BCUT2D eigenvalue weighted by molar-refractivity contribution is 0.103. The minimum atomic E-state index is -0.0954. The Morgan fingerprint density at radius 1 is 1.20 bits per heavy atom. The van der Waals surface area contributed by atoms with Gasteiger partial charge >= 0.3 is 0 Å². The molecular weight excluding hydrogens is 272 g/mol. The summed E-state index contributed by atoms with van der Waals surface area (Å²) >= 11 is 1.40. The molecule has 100 valence electrons. The molecule has 0 unspecified atom stereocenters. The number of nitrogens with zero attached hydrogens (tertiary/aromatic N) is 4. The van der Waals surface area contributed by atoms with Crippen molar-refractivity contribution in [3.8, 4) is 5.69 Å². The first kappa shape index (κ1) is 12.7. The summed E-state index contributed by atoms with van der Waals surface area (Å²) in [4.78, 5) is 17.5. The zero-order valence-corrected chi connectivity index (χ0v) is 11.9. The summed E-state index contributed by atoms with van der Waals surface area (Å²) in [6.07, 6.45) is 1.49. The summed E-state index contributed by atoms with van der Waals surface area (Å²) in [6, 6.07) is 9.48. The third kappa shape index (κ3) is 2.14. The van der Waals surface area contributed by atoms with Crippen LogP contribution in [-0.2, 0) is 0 Å². The van der Waals surface area contributed by atoms with E-state index in [0.717, 1.165) is 16.4 Å². The molecule has 0 amide bonds. The van der Waals surface area contributed by atoms with Crippen LogP contribution in [-0.4, -0.2) is 25.8 Å². The molecule has 2 heterocycles. The van der Waals surface area contributed by atoms with E-state index >= 15 is 0 Å². The molecule has 0 N–H and O–H groups in total. The smallest absolute Gasteiger partial charge is 0.224 e. The van der Waals surface area contributed by atoms with Crippen molar-refractivity contribution in [1.29, 1.82) is 0 Å². The van der Waals surface area contributed by atoms with Gasteiger partial charge in [-0.25, -0.2) is 9.67 Å². The Balaban J connectivity index is 2.06. The molecule has 0 radical (unpaired) electrons. The molecule has 0 aliphatic carbocycles. The molecule has 0 saturated heterocycles. The third-order valence-electron chi connectivity index (χ3n) is 2.89. The van der Waals surface area contributed by atoms with E-state index in [9.17, 15) is 4.79 Å². The molecule has 6 heteroatoms. The minimum Gasteiger partial charge on any atom is -0.286 e. The van der Waals surface area contributed by atoms with Crippen molar-refractivity contribution in [2.45, 2.75) is 13.8 Å². The molecule has 0 saturated carbocycles. The number of aromatic nitrogens is 4. The summed E-state index contributed by atoms with van der Waals surface area (Å²) in [5.74, 6) is -0.0954. The van der Waals surface area contributed by atoms with Crippen LogP contribution in [0.5, 0.6) is 0 Å². The van der Waals surface area contributed by atoms with Crippen molar-refractivity contribution in [2.75, 3.05) is 0 Å². The van der Waals surface area contributed by atoms with Crippen LogP contribution in [0.1, 0.15) is 26.1 Å². The lowest BCUT2D eigenvalue weighted by Gasteiger charge is -2.04. The molecule has 0 spiro atoms. The minimum absolute atomic E-state index is 0.0954. The predicted molar refractivity (Wildman–Crippen MR) is 76.4 cm³/mol. The highest BCUT2D eigenvalue weighted by molar-refractivity contribution is 7.14. The number of para-hydroxylation sites is 1. The number of carbonyl (C=O) groups excluding carboxylic acids is 1. The van der Waals surface area contributed by atoms with Crippen molar-refractivity contribution >= 4 is 17.1 Å².